The van der Waals surface area contributed by atoms with E-state index in [1.807, 2.05) is 11.6 Å². The van der Waals surface area contributed by atoms with Crippen LogP contribution in [0.1, 0.15) is 18.3 Å². The van der Waals surface area contributed by atoms with Crippen molar-refractivity contribution in [2.45, 2.75) is 26.8 Å². The van der Waals surface area contributed by atoms with Gasteiger partial charge in [-0.25, -0.2) is 0 Å². The number of hydrazine groups is 1. The first-order valence-corrected chi connectivity index (χ1v) is 4.24. The Labute approximate surface area is 72.7 Å². The number of hydrogen-bond donors (Lipinski definition) is 2. The van der Waals surface area contributed by atoms with Crippen LogP contribution < -0.4 is 11.3 Å². The average molecular weight is 168 g/mol. The minimum Gasteiger partial charge on any atom is -0.271 e. The molecule has 0 aromatic carbocycles. The maximum atomic E-state index is 5.20. The molecule has 1 rings (SSSR count). The van der Waals surface area contributed by atoms with E-state index >= 15 is 0 Å². The molecule has 4 heteroatoms. The van der Waals surface area contributed by atoms with E-state index in [1.54, 1.807) is 0 Å². The van der Waals surface area contributed by atoms with E-state index in [0.717, 1.165) is 25.2 Å². The van der Waals surface area contributed by atoms with Gasteiger partial charge in [-0.05, 0) is 19.9 Å². The Bertz CT molecular complexity index is 241. The summed E-state index contributed by atoms with van der Waals surface area (Å²) in [7, 11) is 0. The van der Waals surface area contributed by atoms with E-state index in [1.165, 1.54) is 5.69 Å². The van der Waals surface area contributed by atoms with E-state index in [-0.39, 0.29) is 0 Å². The fraction of sp³-hybridized carbons (Fsp3) is 0.625. The van der Waals surface area contributed by atoms with Crippen LogP contribution in [-0.2, 0) is 13.0 Å². The molecule has 0 unspecified atom stereocenters. The first kappa shape index (κ1) is 9.22. The number of aryl methyl sites for hydroxylation is 2. The predicted octanol–water partition coefficient (Wildman–Crippen LogP) is 0.217. The highest BCUT2D eigenvalue weighted by Crippen LogP contribution is 2.03. The highest BCUT2D eigenvalue weighted by molar-refractivity contribution is 5.09. The highest BCUT2D eigenvalue weighted by atomic mass is 15.3. The molecule has 0 bridgehead atoms. The Kier molecular flexibility index (Phi) is 3.25. The van der Waals surface area contributed by atoms with Gasteiger partial charge in [-0.1, -0.05) is 0 Å². The maximum absolute atomic E-state index is 5.20. The van der Waals surface area contributed by atoms with Crippen molar-refractivity contribution in [1.29, 1.82) is 0 Å². The van der Waals surface area contributed by atoms with Gasteiger partial charge in [0.05, 0.1) is 5.69 Å². The maximum Gasteiger partial charge on any atom is 0.0596 e. The van der Waals surface area contributed by atoms with Crippen LogP contribution in [0.5, 0.6) is 0 Å². The number of rotatable bonds is 4. The third-order valence-corrected chi connectivity index (χ3v) is 1.81. The fourth-order valence-corrected chi connectivity index (χ4v) is 1.27. The fourth-order valence-electron chi connectivity index (χ4n) is 1.27. The van der Waals surface area contributed by atoms with Crippen LogP contribution in [-0.4, -0.2) is 16.3 Å². The summed E-state index contributed by atoms with van der Waals surface area (Å²) in [5, 5.41) is 4.33. The predicted molar refractivity (Wildman–Crippen MR) is 48.5 cm³/mol. The van der Waals surface area contributed by atoms with Crippen molar-refractivity contribution in [3.8, 4) is 0 Å². The van der Waals surface area contributed by atoms with Crippen molar-refractivity contribution in [2.75, 3.05) is 6.54 Å². The lowest BCUT2D eigenvalue weighted by molar-refractivity contribution is 0.601. The Morgan fingerprint density at radius 2 is 2.42 bits per heavy atom. The molecule has 0 spiro atoms. The van der Waals surface area contributed by atoms with Gasteiger partial charge in [0.1, 0.15) is 0 Å². The lowest BCUT2D eigenvalue weighted by Gasteiger charge is -2.02. The number of nitrogens with zero attached hydrogens (tertiary/aromatic N) is 2. The average Bonchev–Trinajstić information content (AvgIpc) is 2.42. The van der Waals surface area contributed by atoms with Gasteiger partial charge in [0.25, 0.3) is 0 Å². The van der Waals surface area contributed by atoms with Gasteiger partial charge in [-0.3, -0.25) is 16.0 Å². The zero-order chi connectivity index (χ0) is 8.97. The van der Waals surface area contributed by atoms with Crippen molar-refractivity contribution < 1.29 is 0 Å². The van der Waals surface area contributed by atoms with E-state index in [4.69, 9.17) is 5.84 Å². The summed E-state index contributed by atoms with van der Waals surface area (Å²) in [5.41, 5.74) is 4.95. The van der Waals surface area contributed by atoms with Crippen LogP contribution in [0.4, 0.5) is 0 Å². The molecule has 0 aliphatic heterocycles. The number of aromatic nitrogens is 2. The third-order valence-electron chi connectivity index (χ3n) is 1.81. The minimum absolute atomic E-state index is 0.797. The van der Waals surface area contributed by atoms with E-state index in [0.29, 0.717) is 0 Å². The van der Waals surface area contributed by atoms with Crippen LogP contribution in [0, 0.1) is 6.92 Å². The smallest absolute Gasteiger partial charge is 0.0596 e. The van der Waals surface area contributed by atoms with Crippen LogP contribution in [0.25, 0.3) is 0 Å². The van der Waals surface area contributed by atoms with Crippen LogP contribution in [0.15, 0.2) is 6.07 Å². The van der Waals surface area contributed by atoms with E-state index in [9.17, 15) is 0 Å². The van der Waals surface area contributed by atoms with Gasteiger partial charge in [-0.15, -0.1) is 0 Å². The Morgan fingerprint density at radius 3 is 3.00 bits per heavy atom. The monoisotopic (exact) mass is 168 g/mol. The summed E-state index contributed by atoms with van der Waals surface area (Å²) in [6.07, 6.45) is 0.936. The van der Waals surface area contributed by atoms with Crippen LogP contribution in [0.3, 0.4) is 0 Å². The summed E-state index contributed by atoms with van der Waals surface area (Å²) in [4.78, 5) is 0. The van der Waals surface area contributed by atoms with Crippen LogP contribution >= 0.6 is 0 Å². The topological polar surface area (TPSA) is 55.9 Å². The van der Waals surface area contributed by atoms with Crippen LogP contribution in [0.2, 0.25) is 0 Å². The van der Waals surface area contributed by atoms with Crippen molar-refractivity contribution in [3.05, 3.63) is 17.5 Å². The highest BCUT2D eigenvalue weighted by Gasteiger charge is 2.01. The first-order valence-electron chi connectivity index (χ1n) is 4.24. The molecule has 3 N–H and O–H groups in total. The summed E-state index contributed by atoms with van der Waals surface area (Å²) in [5.74, 6) is 5.20. The molecule has 12 heavy (non-hydrogen) atoms. The number of hydrogen-bond acceptors (Lipinski definition) is 3. The van der Waals surface area contributed by atoms with Gasteiger partial charge in [-0.2, -0.15) is 5.10 Å². The molecule has 0 fully saturated rings. The zero-order valence-corrected chi connectivity index (χ0v) is 7.67. The molecule has 0 atom stereocenters. The van der Waals surface area contributed by atoms with Gasteiger partial charge in [0.15, 0.2) is 0 Å². The Hall–Kier alpha value is -0.870. The van der Waals surface area contributed by atoms with Crippen molar-refractivity contribution in [2.24, 2.45) is 5.84 Å². The molecular formula is C8H16N4. The normalized spacial score (nSPS) is 10.6. The van der Waals surface area contributed by atoms with E-state index in [2.05, 4.69) is 23.5 Å². The van der Waals surface area contributed by atoms with Gasteiger partial charge in [0, 0.05) is 25.2 Å². The van der Waals surface area contributed by atoms with Crippen molar-refractivity contribution in [1.82, 2.24) is 15.2 Å². The van der Waals surface area contributed by atoms with Gasteiger partial charge < -0.3 is 0 Å². The lowest BCUT2D eigenvalue weighted by Crippen LogP contribution is -2.25. The molecule has 4 nitrogen and oxygen atoms in total. The summed E-state index contributed by atoms with van der Waals surface area (Å²) < 4.78 is 2.01. The molecule has 1 heterocycles. The second-order valence-electron chi connectivity index (χ2n) is 2.80. The summed E-state index contributed by atoms with van der Waals surface area (Å²) >= 11 is 0. The molecule has 1 aromatic heterocycles. The second kappa shape index (κ2) is 4.23. The molecule has 0 saturated heterocycles. The Morgan fingerprint density at radius 1 is 1.67 bits per heavy atom. The number of nitrogens with two attached hydrogens (primary N) is 1. The molecule has 0 amide bonds. The molecule has 1 aromatic rings. The standard InChI is InChI=1S/C8H16N4/c1-3-12-8(4-5-10-9)6-7(2)11-12/h6,10H,3-5,9H2,1-2H3. The summed E-state index contributed by atoms with van der Waals surface area (Å²) in [6, 6.07) is 2.10. The molecule has 0 radical (unpaired) electrons. The third kappa shape index (κ3) is 2.06. The quantitative estimate of drug-likeness (QED) is 0.499. The molecule has 0 aliphatic rings. The summed E-state index contributed by atoms with van der Waals surface area (Å²) in [6.45, 7) is 5.82. The zero-order valence-electron chi connectivity index (χ0n) is 7.67. The molecule has 68 valence electrons. The van der Waals surface area contributed by atoms with E-state index < -0.39 is 0 Å². The Balaban J connectivity index is 2.68. The van der Waals surface area contributed by atoms with Gasteiger partial charge >= 0.3 is 0 Å². The SMILES string of the molecule is CCn1nc(C)cc1CCNN. The molecule has 0 saturated carbocycles. The second-order valence-corrected chi connectivity index (χ2v) is 2.80. The first-order chi connectivity index (χ1) is 5.77. The lowest BCUT2D eigenvalue weighted by atomic mass is 10.3. The molecular weight excluding hydrogens is 152 g/mol. The number of nitrogens with one attached hydrogen (secondary N) is 1. The van der Waals surface area contributed by atoms with Crippen molar-refractivity contribution in [3.63, 3.8) is 0 Å². The molecule has 0 aliphatic carbocycles. The van der Waals surface area contributed by atoms with Gasteiger partial charge in [0.2, 0.25) is 0 Å². The minimum atomic E-state index is 0.797. The largest absolute Gasteiger partial charge is 0.271 e. The van der Waals surface area contributed by atoms with Crippen molar-refractivity contribution >= 4 is 0 Å².